The zero-order valence-corrected chi connectivity index (χ0v) is 16.9. The Morgan fingerprint density at radius 1 is 0.970 bits per heavy atom. The number of nitrogens with zero attached hydrogens (tertiary/aromatic N) is 1. The predicted octanol–water partition coefficient (Wildman–Crippen LogP) is 5.39. The molecule has 0 bridgehead atoms. The molecule has 0 fully saturated rings. The van der Waals surface area contributed by atoms with E-state index in [1.165, 1.54) is 49.6 Å². The molecule has 12 heteroatoms. The van der Waals surface area contributed by atoms with Gasteiger partial charge < -0.3 is 25.4 Å². The Morgan fingerprint density at radius 2 is 1.70 bits per heavy atom. The van der Waals surface area contributed by atoms with Gasteiger partial charge in [-0.05, 0) is 42.5 Å². The van der Waals surface area contributed by atoms with E-state index >= 15 is 0 Å². The number of rotatable bonds is 5. The second-order valence-electron chi connectivity index (χ2n) is 6.34. The highest BCUT2D eigenvalue weighted by atomic mass is 19.4. The highest BCUT2D eigenvalue weighted by Crippen LogP contribution is 2.36. The summed E-state index contributed by atoms with van der Waals surface area (Å²) in [6, 6.07) is 10.4. The summed E-state index contributed by atoms with van der Waals surface area (Å²) in [5, 5.41) is 6.62. The summed E-state index contributed by atoms with van der Waals surface area (Å²) in [5.74, 6) is -0.824. The van der Waals surface area contributed by atoms with E-state index in [9.17, 15) is 27.2 Å². The third kappa shape index (κ3) is 6.32. The van der Waals surface area contributed by atoms with Crippen LogP contribution in [0.3, 0.4) is 0 Å². The highest BCUT2D eigenvalue weighted by molar-refractivity contribution is 6.00. The molecule has 3 aromatic rings. The van der Waals surface area contributed by atoms with E-state index in [2.05, 4.69) is 15.6 Å². The maximum absolute atomic E-state index is 13.6. The number of pyridine rings is 1. The van der Waals surface area contributed by atoms with E-state index < -0.39 is 35.4 Å². The molecule has 1 heterocycles. The van der Waals surface area contributed by atoms with E-state index in [0.717, 1.165) is 12.1 Å². The number of carbonyl (C=O) groups is 2. The predicted molar refractivity (Wildman–Crippen MR) is 110 cm³/mol. The summed E-state index contributed by atoms with van der Waals surface area (Å²) in [4.78, 5) is 27.2. The number of amides is 3. The van der Waals surface area contributed by atoms with Gasteiger partial charge in [0.2, 0.25) is 5.88 Å². The molecule has 2 aromatic carbocycles. The molecule has 0 aliphatic rings. The number of aromatic nitrogens is 1. The first kappa shape index (κ1) is 23.3. The van der Waals surface area contributed by atoms with Crippen molar-refractivity contribution in [2.75, 3.05) is 17.7 Å². The van der Waals surface area contributed by atoms with Gasteiger partial charge >= 0.3 is 18.3 Å². The molecule has 0 aliphatic carbocycles. The Hall–Kier alpha value is -4.35. The van der Waals surface area contributed by atoms with Crippen molar-refractivity contribution >= 4 is 23.5 Å². The molecule has 0 saturated carbocycles. The fourth-order valence-corrected chi connectivity index (χ4v) is 2.60. The number of nitrogens with one attached hydrogen (secondary N) is 3. The Kier molecular flexibility index (Phi) is 6.96. The zero-order chi connectivity index (χ0) is 24.0. The van der Waals surface area contributed by atoms with Crippen molar-refractivity contribution in [1.82, 2.24) is 10.3 Å². The highest BCUT2D eigenvalue weighted by Gasteiger charge is 2.37. The summed E-state index contributed by atoms with van der Waals surface area (Å²) >= 11 is 0. The SMILES string of the molecule is CNC(=O)Oc1cc(Oc2ccc(NC(=O)Nc3cccc(F)c3C(F)(F)F)cc2)ccn1. The number of alkyl halides is 3. The fourth-order valence-electron chi connectivity index (χ4n) is 2.60. The third-order valence-corrected chi connectivity index (χ3v) is 4.00. The van der Waals surface area contributed by atoms with Crippen LogP contribution in [0.5, 0.6) is 17.4 Å². The lowest BCUT2D eigenvalue weighted by Gasteiger charge is -2.15. The van der Waals surface area contributed by atoms with Crippen LogP contribution in [0, 0.1) is 5.82 Å². The largest absolute Gasteiger partial charge is 0.457 e. The molecule has 0 aliphatic heterocycles. The van der Waals surface area contributed by atoms with E-state index in [1.807, 2.05) is 5.32 Å². The van der Waals surface area contributed by atoms with Gasteiger partial charge in [-0.15, -0.1) is 0 Å². The molecule has 172 valence electrons. The number of urea groups is 1. The van der Waals surface area contributed by atoms with Crippen molar-refractivity contribution in [2.45, 2.75) is 6.18 Å². The van der Waals surface area contributed by atoms with Gasteiger partial charge in [0, 0.05) is 25.0 Å². The van der Waals surface area contributed by atoms with Crippen LogP contribution in [0.2, 0.25) is 0 Å². The van der Waals surface area contributed by atoms with Gasteiger partial charge in [-0.25, -0.2) is 19.0 Å². The van der Waals surface area contributed by atoms with Crippen LogP contribution >= 0.6 is 0 Å². The van der Waals surface area contributed by atoms with Crippen molar-refractivity contribution in [1.29, 1.82) is 0 Å². The van der Waals surface area contributed by atoms with E-state index in [4.69, 9.17) is 9.47 Å². The molecule has 3 rings (SSSR count). The maximum atomic E-state index is 13.6. The standard InChI is InChI=1S/C21H16F4N4O4/c1-26-20(31)33-17-11-14(9-10-27-17)32-13-7-5-12(6-8-13)28-19(30)29-16-4-2-3-15(22)18(16)21(23,24)25/h2-11H,1H3,(H,26,31)(H2,28,29,30). The average Bonchev–Trinajstić information content (AvgIpc) is 2.74. The van der Waals surface area contributed by atoms with Crippen LogP contribution in [0.1, 0.15) is 5.56 Å². The number of anilines is 2. The Bertz CT molecular complexity index is 1150. The number of benzene rings is 2. The molecule has 0 radical (unpaired) electrons. The molecule has 0 unspecified atom stereocenters. The van der Waals surface area contributed by atoms with Gasteiger partial charge in [0.1, 0.15) is 22.9 Å². The lowest BCUT2D eigenvalue weighted by molar-refractivity contribution is -0.139. The first-order valence-corrected chi connectivity index (χ1v) is 9.23. The van der Waals surface area contributed by atoms with Crippen molar-refractivity contribution < 1.29 is 36.6 Å². The van der Waals surface area contributed by atoms with Crippen molar-refractivity contribution in [3.8, 4) is 17.4 Å². The number of hydrogen-bond acceptors (Lipinski definition) is 5. The van der Waals surface area contributed by atoms with Gasteiger partial charge in [-0.3, -0.25) is 0 Å². The lowest BCUT2D eigenvalue weighted by Crippen LogP contribution is -2.22. The van der Waals surface area contributed by atoms with E-state index in [1.54, 1.807) is 0 Å². The smallest absolute Gasteiger partial charge is 0.421 e. The summed E-state index contributed by atoms with van der Waals surface area (Å²) in [6.07, 6.45) is -4.31. The molecule has 33 heavy (non-hydrogen) atoms. The maximum Gasteiger partial charge on any atom is 0.421 e. The Labute approximate surface area is 184 Å². The number of ether oxygens (including phenoxy) is 2. The molecule has 3 amide bonds. The van der Waals surface area contributed by atoms with Crippen LogP contribution in [-0.2, 0) is 6.18 Å². The minimum Gasteiger partial charge on any atom is -0.457 e. The minimum atomic E-state index is -4.98. The number of carbonyl (C=O) groups excluding carboxylic acids is 2. The van der Waals surface area contributed by atoms with Gasteiger partial charge in [0.15, 0.2) is 0 Å². The van der Waals surface area contributed by atoms with E-state index in [-0.39, 0.29) is 11.6 Å². The first-order chi connectivity index (χ1) is 15.7. The number of halogens is 4. The van der Waals surface area contributed by atoms with Crippen LogP contribution < -0.4 is 25.4 Å². The topological polar surface area (TPSA) is 102 Å². The lowest BCUT2D eigenvalue weighted by atomic mass is 10.1. The molecular formula is C21H16F4N4O4. The summed E-state index contributed by atoms with van der Waals surface area (Å²) < 4.78 is 63.3. The Balaban J connectivity index is 1.64. The fraction of sp³-hybridized carbons (Fsp3) is 0.0952. The van der Waals surface area contributed by atoms with Crippen LogP contribution in [0.15, 0.2) is 60.8 Å². The molecule has 8 nitrogen and oxygen atoms in total. The van der Waals surface area contributed by atoms with Crippen molar-refractivity contribution in [3.05, 3.63) is 72.2 Å². The second-order valence-corrected chi connectivity index (χ2v) is 6.34. The molecule has 0 atom stereocenters. The summed E-state index contributed by atoms with van der Waals surface area (Å²) in [7, 11) is 1.39. The van der Waals surface area contributed by atoms with Crippen molar-refractivity contribution in [3.63, 3.8) is 0 Å². The number of hydrogen-bond donors (Lipinski definition) is 3. The van der Waals surface area contributed by atoms with Crippen LogP contribution in [0.4, 0.5) is 38.5 Å². The van der Waals surface area contributed by atoms with Gasteiger partial charge in [-0.1, -0.05) is 6.07 Å². The second kappa shape index (κ2) is 9.85. The van der Waals surface area contributed by atoms with Gasteiger partial charge in [-0.2, -0.15) is 13.2 Å². The van der Waals surface area contributed by atoms with Crippen LogP contribution in [0.25, 0.3) is 0 Å². The quantitative estimate of drug-likeness (QED) is 0.440. The molecule has 0 saturated heterocycles. The average molecular weight is 464 g/mol. The molecule has 3 N–H and O–H groups in total. The van der Waals surface area contributed by atoms with Gasteiger partial charge in [0.25, 0.3) is 0 Å². The normalized spacial score (nSPS) is 10.8. The molecule has 0 spiro atoms. The Morgan fingerprint density at radius 3 is 2.36 bits per heavy atom. The van der Waals surface area contributed by atoms with Crippen LogP contribution in [-0.4, -0.2) is 24.2 Å². The monoisotopic (exact) mass is 464 g/mol. The molecule has 1 aromatic heterocycles. The summed E-state index contributed by atoms with van der Waals surface area (Å²) in [6.45, 7) is 0. The third-order valence-electron chi connectivity index (χ3n) is 4.00. The first-order valence-electron chi connectivity index (χ1n) is 9.23. The summed E-state index contributed by atoms with van der Waals surface area (Å²) in [5.41, 5.74) is -2.04. The van der Waals surface area contributed by atoms with Gasteiger partial charge in [0.05, 0.1) is 5.69 Å². The molecular weight excluding hydrogens is 448 g/mol. The van der Waals surface area contributed by atoms with E-state index in [0.29, 0.717) is 17.6 Å². The minimum absolute atomic E-state index is 0.0115. The van der Waals surface area contributed by atoms with Crippen molar-refractivity contribution in [2.24, 2.45) is 0 Å². The zero-order valence-electron chi connectivity index (χ0n) is 16.9.